The van der Waals surface area contributed by atoms with Gasteiger partial charge in [-0.1, -0.05) is 59.3 Å². The first-order valence-corrected chi connectivity index (χ1v) is 18.6. The lowest BCUT2D eigenvalue weighted by Crippen LogP contribution is -2.51. The first kappa shape index (κ1) is 33.5. The van der Waals surface area contributed by atoms with E-state index in [2.05, 4.69) is 73.8 Å². The summed E-state index contributed by atoms with van der Waals surface area (Å²) >= 11 is 0. The molecule has 1 fully saturated rings. The zero-order valence-corrected chi connectivity index (χ0v) is 30.7. The highest BCUT2D eigenvalue weighted by Crippen LogP contribution is 2.44. The van der Waals surface area contributed by atoms with E-state index in [0.717, 1.165) is 100 Å². The van der Waals surface area contributed by atoms with Gasteiger partial charge in [0.1, 0.15) is 5.69 Å². The summed E-state index contributed by atoms with van der Waals surface area (Å²) in [5.41, 5.74) is 10.8. The Morgan fingerprint density at radius 3 is 2.45 bits per heavy atom. The summed E-state index contributed by atoms with van der Waals surface area (Å²) in [6, 6.07) is 24.8. The molecule has 3 aromatic heterocycles. The number of fused-ring (bicyclic) bond motifs is 5. The zero-order chi connectivity index (χ0) is 36.4. The number of allylic oxidation sites excluding steroid dienone is 3. The average molecular weight is 709 g/mol. The fraction of sp³-hybridized carbons (Fsp3) is 0.262. The topological polar surface area (TPSA) is 58.8 Å². The number of aromatic nitrogens is 5. The predicted molar refractivity (Wildman–Crippen MR) is 210 cm³/mol. The molecule has 0 amide bonds. The first-order chi connectivity index (χ1) is 25.7. The van der Waals surface area contributed by atoms with Crippen LogP contribution < -0.4 is 5.32 Å². The zero-order valence-electron chi connectivity index (χ0n) is 30.7. The van der Waals surface area contributed by atoms with E-state index < -0.39 is 6.97 Å². The minimum Gasteiger partial charge on any atom is -0.393 e. The van der Waals surface area contributed by atoms with Crippen molar-refractivity contribution in [3.63, 3.8) is 0 Å². The van der Waals surface area contributed by atoms with E-state index in [9.17, 15) is 0 Å². The Morgan fingerprint density at radius 2 is 1.64 bits per heavy atom. The van der Waals surface area contributed by atoms with Gasteiger partial charge >= 0.3 is 6.97 Å². The quantitative estimate of drug-likeness (QED) is 0.170. The minimum absolute atomic E-state index is 0.478. The summed E-state index contributed by atoms with van der Waals surface area (Å²) < 4.78 is 40.5. The van der Waals surface area contributed by atoms with Gasteiger partial charge in [-0.3, -0.25) is 9.58 Å². The van der Waals surface area contributed by atoms with E-state index in [1.54, 1.807) is 6.92 Å². The van der Waals surface area contributed by atoms with Crippen LogP contribution in [0.25, 0.3) is 33.5 Å². The number of nitrogens with one attached hydrogen (secondary N) is 1. The van der Waals surface area contributed by atoms with Gasteiger partial charge in [-0.25, -0.2) is 0 Å². The van der Waals surface area contributed by atoms with Gasteiger partial charge in [-0.15, -0.1) is 5.10 Å². The summed E-state index contributed by atoms with van der Waals surface area (Å²) in [7, 11) is 0. The van der Waals surface area contributed by atoms with E-state index in [0.29, 0.717) is 29.3 Å². The summed E-state index contributed by atoms with van der Waals surface area (Å²) in [5.74, 6) is 0. The van der Waals surface area contributed by atoms with Crippen molar-refractivity contribution >= 4 is 46.1 Å². The van der Waals surface area contributed by atoms with Crippen molar-refractivity contribution in [2.75, 3.05) is 32.7 Å². The molecular formula is C42H43BF2N8. The van der Waals surface area contributed by atoms with Gasteiger partial charge in [0, 0.05) is 77.9 Å². The van der Waals surface area contributed by atoms with Crippen LogP contribution in [0.2, 0.25) is 0 Å². The molecule has 6 aromatic rings. The number of halogens is 2. The monoisotopic (exact) mass is 708 g/mol. The van der Waals surface area contributed by atoms with Crippen molar-refractivity contribution in [1.82, 2.24) is 34.3 Å². The first-order valence-electron chi connectivity index (χ1n) is 18.6. The molecule has 0 saturated carbocycles. The van der Waals surface area contributed by atoms with Crippen molar-refractivity contribution in [2.45, 2.75) is 40.8 Å². The van der Waals surface area contributed by atoms with E-state index in [1.165, 1.54) is 8.96 Å². The molecule has 1 saturated heterocycles. The van der Waals surface area contributed by atoms with Gasteiger partial charge < -0.3 is 27.5 Å². The second-order valence-electron chi connectivity index (χ2n) is 14.8. The Bertz CT molecular complexity index is 2540. The molecule has 3 aliphatic rings. The van der Waals surface area contributed by atoms with Crippen LogP contribution >= 0.6 is 0 Å². The van der Waals surface area contributed by atoms with E-state index in [1.807, 2.05) is 74.0 Å². The lowest BCUT2D eigenvalue weighted by molar-refractivity contribution is -0.362. The molecule has 1 N–H and O–H groups in total. The molecule has 0 aliphatic carbocycles. The third kappa shape index (κ3) is 5.70. The maximum Gasteiger partial charge on any atom is 0.737 e. The second kappa shape index (κ2) is 12.9. The third-order valence-corrected chi connectivity index (χ3v) is 11.1. The molecule has 0 unspecified atom stereocenters. The highest BCUT2D eigenvalue weighted by Gasteiger charge is 2.55. The molecule has 3 aliphatic heterocycles. The smallest absolute Gasteiger partial charge is 0.393 e. The van der Waals surface area contributed by atoms with Crippen LogP contribution in [0.3, 0.4) is 0 Å². The number of para-hydroxylation sites is 1. The summed E-state index contributed by atoms with van der Waals surface area (Å²) in [6.45, 7) is 10.1. The van der Waals surface area contributed by atoms with Crippen LogP contribution in [0.4, 0.5) is 8.63 Å². The van der Waals surface area contributed by atoms with Crippen molar-refractivity contribution in [2.24, 2.45) is 0 Å². The van der Waals surface area contributed by atoms with Crippen molar-refractivity contribution in [1.29, 1.82) is 0 Å². The number of nitrogens with zero attached hydrogens (tertiary/aromatic N) is 7. The molecule has 0 radical (unpaired) electrons. The van der Waals surface area contributed by atoms with Crippen LogP contribution in [0, 0.1) is 20.8 Å². The molecule has 0 spiro atoms. The SMILES string of the molecule is CC1=CC(/C=C/c2ccc3c(c2)c2ccccc2n3Cc2cn(CCN3CCNCC3)nn2)=[N+]2C1=C(c1ccc(C)cc1)c1c(C)cc(C)n1[B-]2(F)F. The van der Waals surface area contributed by atoms with E-state index in [4.69, 9.17) is 0 Å². The van der Waals surface area contributed by atoms with Gasteiger partial charge in [-0.2, -0.15) is 0 Å². The van der Waals surface area contributed by atoms with Crippen LogP contribution in [0.1, 0.15) is 46.3 Å². The highest BCUT2D eigenvalue weighted by molar-refractivity contribution is 6.58. The Morgan fingerprint density at radius 1 is 0.868 bits per heavy atom. The van der Waals surface area contributed by atoms with E-state index in [-0.39, 0.29) is 0 Å². The normalized spacial score (nSPS) is 17.4. The number of piperazine rings is 1. The lowest BCUT2D eigenvalue weighted by Gasteiger charge is -2.34. The molecule has 3 aromatic carbocycles. The second-order valence-corrected chi connectivity index (χ2v) is 14.8. The number of rotatable bonds is 8. The summed E-state index contributed by atoms with van der Waals surface area (Å²) in [5, 5.41) is 14.6. The highest BCUT2D eigenvalue weighted by atomic mass is 19.2. The third-order valence-electron chi connectivity index (χ3n) is 11.1. The maximum absolute atomic E-state index is 16.8. The Hall–Kier alpha value is -5.39. The van der Waals surface area contributed by atoms with Crippen LogP contribution in [0.5, 0.6) is 0 Å². The Kier molecular flexibility index (Phi) is 8.16. The average Bonchev–Trinajstić information content (AvgIpc) is 3.91. The summed E-state index contributed by atoms with van der Waals surface area (Å²) in [6.07, 6.45) is 7.75. The fourth-order valence-corrected chi connectivity index (χ4v) is 8.60. The fourth-order valence-electron chi connectivity index (χ4n) is 8.60. The minimum atomic E-state index is -4.15. The Labute approximate surface area is 308 Å². The van der Waals surface area contributed by atoms with Crippen LogP contribution in [-0.2, 0) is 13.1 Å². The molecule has 0 bridgehead atoms. The lowest BCUT2D eigenvalue weighted by atomic mass is 9.83. The van der Waals surface area contributed by atoms with Gasteiger partial charge in [0.25, 0.3) is 0 Å². The maximum atomic E-state index is 16.8. The number of hydrogen-bond donors (Lipinski definition) is 1. The number of hydrogen-bond acceptors (Lipinski definition) is 4. The molecule has 53 heavy (non-hydrogen) atoms. The largest absolute Gasteiger partial charge is 0.737 e. The molecule has 9 rings (SSSR count). The molecule has 8 nitrogen and oxygen atoms in total. The van der Waals surface area contributed by atoms with E-state index >= 15 is 8.63 Å². The predicted octanol–water partition coefficient (Wildman–Crippen LogP) is 7.19. The number of benzene rings is 3. The molecule has 268 valence electrons. The molecule has 11 heteroatoms. The van der Waals surface area contributed by atoms with Crippen molar-refractivity contribution in [3.05, 3.63) is 142 Å². The van der Waals surface area contributed by atoms with Crippen LogP contribution in [-0.4, -0.2) is 78.8 Å². The van der Waals surface area contributed by atoms with Gasteiger partial charge in [0.05, 0.1) is 24.9 Å². The number of aryl methyl sites for hydroxylation is 3. The van der Waals surface area contributed by atoms with Crippen molar-refractivity contribution < 1.29 is 13.1 Å². The molecule has 0 atom stereocenters. The Balaban J connectivity index is 1.07. The van der Waals surface area contributed by atoms with Crippen LogP contribution in [0.15, 0.2) is 102 Å². The molecule has 6 heterocycles. The van der Waals surface area contributed by atoms with Gasteiger partial charge in [0.2, 0.25) is 0 Å². The standard InChI is InChI=1S/C42H43BF2N8/c1-28-9-13-33(14-10-28)40-41-29(2)23-31(4)52(41)43(44,45)53-35(24-30(3)42(40)53)15-11-32-12-16-39-37(25-32)36-7-5-6-8-38(36)51(39)27-34-26-50(48-47-34)22-21-49-19-17-46-18-20-49/h5-16,23-26,46H,17-22,27H2,1-4H3/b15-11+. The van der Waals surface area contributed by atoms with Gasteiger partial charge in [0.15, 0.2) is 11.4 Å². The molecular weight excluding hydrogens is 665 g/mol. The van der Waals surface area contributed by atoms with Gasteiger partial charge in [-0.05, 0) is 80.4 Å². The summed E-state index contributed by atoms with van der Waals surface area (Å²) in [4.78, 5) is 2.45. The van der Waals surface area contributed by atoms with Crippen molar-refractivity contribution in [3.8, 4) is 0 Å².